The predicted molar refractivity (Wildman–Crippen MR) is 38.9 cm³/mol. The zero-order valence-electron chi connectivity index (χ0n) is 5.43. The number of hydrogen-bond donors (Lipinski definition) is 0. The van der Waals surface area contributed by atoms with Crippen molar-refractivity contribution in [1.29, 1.82) is 10.5 Å². The number of halogens is 1. The molecule has 0 aliphatic carbocycles. The van der Waals surface area contributed by atoms with Gasteiger partial charge in [0.15, 0.2) is 0 Å². The molecule has 2 nitrogen and oxygen atoms in total. The first-order chi connectivity index (χ1) is 4.70. The van der Waals surface area contributed by atoms with E-state index in [-0.39, 0.29) is 5.03 Å². The fraction of sp³-hybridized carbons (Fsp3) is 0.143. The van der Waals surface area contributed by atoms with Gasteiger partial charge in [-0.1, -0.05) is 11.6 Å². The first kappa shape index (κ1) is 8.75. The molecule has 0 spiro atoms. The summed E-state index contributed by atoms with van der Waals surface area (Å²) in [7, 11) is 0. The Labute approximate surface area is 64.6 Å². The maximum absolute atomic E-state index is 8.26. The van der Waals surface area contributed by atoms with E-state index in [1.54, 1.807) is 13.0 Å². The van der Waals surface area contributed by atoms with Crippen molar-refractivity contribution in [3.05, 3.63) is 22.8 Å². The van der Waals surface area contributed by atoms with Gasteiger partial charge >= 0.3 is 0 Å². The number of hydrogen-bond acceptors (Lipinski definition) is 2. The van der Waals surface area contributed by atoms with Gasteiger partial charge < -0.3 is 0 Å². The SMILES string of the molecule is CC(C#N)=CC(Cl)=CC#N. The highest BCUT2D eigenvalue weighted by Crippen LogP contribution is 2.05. The third-order valence-corrected chi connectivity index (χ3v) is 0.951. The Morgan fingerprint density at radius 3 is 2.50 bits per heavy atom. The molecular weight excluding hydrogens is 148 g/mol. The van der Waals surface area contributed by atoms with Gasteiger partial charge in [-0.05, 0) is 13.0 Å². The normalized spacial score (nSPS) is 12.0. The highest BCUT2D eigenvalue weighted by Gasteiger charge is 1.86. The minimum Gasteiger partial charge on any atom is -0.193 e. The fourth-order valence-corrected chi connectivity index (χ4v) is 0.555. The van der Waals surface area contributed by atoms with E-state index in [4.69, 9.17) is 22.1 Å². The molecule has 0 saturated carbocycles. The molecule has 0 rings (SSSR count). The van der Waals surface area contributed by atoms with Crippen molar-refractivity contribution in [2.75, 3.05) is 0 Å². The Morgan fingerprint density at radius 1 is 1.50 bits per heavy atom. The third-order valence-electron chi connectivity index (χ3n) is 0.733. The number of allylic oxidation sites excluding steroid dienone is 4. The lowest BCUT2D eigenvalue weighted by molar-refractivity contribution is 1.44. The van der Waals surface area contributed by atoms with Crippen LogP contribution in [0.15, 0.2) is 22.8 Å². The summed E-state index contributed by atoms with van der Waals surface area (Å²) >= 11 is 5.47. The van der Waals surface area contributed by atoms with Gasteiger partial charge in [-0.3, -0.25) is 0 Å². The second kappa shape index (κ2) is 4.61. The second-order valence-corrected chi connectivity index (χ2v) is 2.03. The first-order valence-corrected chi connectivity index (χ1v) is 2.92. The van der Waals surface area contributed by atoms with Gasteiger partial charge in [0.1, 0.15) is 0 Å². The number of nitriles is 2. The van der Waals surface area contributed by atoms with Crippen LogP contribution >= 0.6 is 11.6 Å². The van der Waals surface area contributed by atoms with Crippen LogP contribution in [0.5, 0.6) is 0 Å². The highest BCUT2D eigenvalue weighted by atomic mass is 35.5. The standard InChI is InChI=1S/C7H5ClN2/c1-6(5-10)4-7(8)2-3-9/h2,4H,1H3. The lowest BCUT2D eigenvalue weighted by Crippen LogP contribution is -1.68. The molecule has 0 unspecified atom stereocenters. The minimum atomic E-state index is 0.279. The van der Waals surface area contributed by atoms with Crippen molar-refractivity contribution >= 4 is 11.6 Å². The van der Waals surface area contributed by atoms with Crippen LogP contribution in [-0.2, 0) is 0 Å². The zero-order valence-corrected chi connectivity index (χ0v) is 6.18. The Balaban J connectivity index is 4.34. The van der Waals surface area contributed by atoms with Gasteiger partial charge in [0, 0.05) is 11.6 Å². The second-order valence-electron chi connectivity index (χ2n) is 1.60. The maximum Gasteiger partial charge on any atom is 0.0944 e. The Kier molecular flexibility index (Phi) is 4.04. The predicted octanol–water partition coefficient (Wildman–Crippen LogP) is 2.10. The van der Waals surface area contributed by atoms with Gasteiger partial charge in [-0.25, -0.2) is 0 Å². The maximum atomic E-state index is 8.26. The molecule has 50 valence electrons. The van der Waals surface area contributed by atoms with Gasteiger partial charge in [-0.15, -0.1) is 0 Å². The molecule has 0 aromatic carbocycles. The molecular formula is C7H5ClN2. The van der Waals surface area contributed by atoms with E-state index >= 15 is 0 Å². The smallest absolute Gasteiger partial charge is 0.0944 e. The van der Waals surface area contributed by atoms with Crippen LogP contribution in [0.1, 0.15) is 6.92 Å². The lowest BCUT2D eigenvalue weighted by Gasteiger charge is -1.82. The molecule has 0 aromatic heterocycles. The monoisotopic (exact) mass is 152 g/mol. The molecule has 0 bridgehead atoms. The van der Waals surface area contributed by atoms with E-state index in [2.05, 4.69) is 0 Å². The number of rotatable bonds is 1. The summed E-state index contributed by atoms with van der Waals surface area (Å²) < 4.78 is 0. The molecule has 0 amide bonds. The number of nitrogens with zero attached hydrogens (tertiary/aromatic N) is 2. The molecule has 0 heterocycles. The van der Waals surface area contributed by atoms with E-state index in [1.165, 1.54) is 12.2 Å². The van der Waals surface area contributed by atoms with Crippen molar-refractivity contribution in [2.24, 2.45) is 0 Å². The van der Waals surface area contributed by atoms with Gasteiger partial charge in [0.05, 0.1) is 17.2 Å². The molecule has 0 radical (unpaired) electrons. The van der Waals surface area contributed by atoms with Crippen LogP contribution in [0.4, 0.5) is 0 Å². The summed E-state index contributed by atoms with van der Waals surface area (Å²) in [5.41, 5.74) is 0.483. The molecule has 0 N–H and O–H groups in total. The van der Waals surface area contributed by atoms with Crippen LogP contribution in [-0.4, -0.2) is 0 Å². The minimum absolute atomic E-state index is 0.279. The third kappa shape index (κ3) is 3.72. The van der Waals surface area contributed by atoms with E-state index in [9.17, 15) is 0 Å². The van der Waals surface area contributed by atoms with E-state index in [1.807, 2.05) is 6.07 Å². The molecule has 0 aromatic rings. The zero-order chi connectivity index (χ0) is 7.98. The van der Waals surface area contributed by atoms with Crippen LogP contribution in [0.2, 0.25) is 0 Å². The molecule has 0 atom stereocenters. The summed E-state index contributed by atoms with van der Waals surface area (Å²) in [5.74, 6) is 0. The van der Waals surface area contributed by atoms with Crippen molar-refractivity contribution in [2.45, 2.75) is 6.92 Å². The average Bonchev–Trinajstić information content (AvgIpc) is 1.88. The van der Waals surface area contributed by atoms with Crippen molar-refractivity contribution in [3.8, 4) is 12.1 Å². The highest BCUT2D eigenvalue weighted by molar-refractivity contribution is 6.31. The molecule has 3 heteroatoms. The van der Waals surface area contributed by atoms with Crippen LogP contribution in [0, 0.1) is 22.7 Å². The quantitative estimate of drug-likeness (QED) is 0.427. The molecule has 0 fully saturated rings. The Hall–Kier alpha value is -1.25. The molecule has 0 aliphatic heterocycles. The summed E-state index contributed by atoms with van der Waals surface area (Å²) in [4.78, 5) is 0. The molecule has 0 saturated heterocycles. The molecule has 0 aliphatic rings. The van der Waals surface area contributed by atoms with Crippen molar-refractivity contribution in [1.82, 2.24) is 0 Å². The lowest BCUT2D eigenvalue weighted by atomic mass is 10.3. The first-order valence-electron chi connectivity index (χ1n) is 2.54. The van der Waals surface area contributed by atoms with Gasteiger partial charge in [-0.2, -0.15) is 10.5 Å². The summed E-state index contributed by atoms with van der Waals surface area (Å²) in [6, 6.07) is 3.63. The summed E-state index contributed by atoms with van der Waals surface area (Å²) in [5, 5.41) is 16.6. The van der Waals surface area contributed by atoms with E-state index in [0.717, 1.165) is 0 Å². The van der Waals surface area contributed by atoms with E-state index in [0.29, 0.717) is 5.57 Å². The van der Waals surface area contributed by atoms with Crippen molar-refractivity contribution in [3.63, 3.8) is 0 Å². The van der Waals surface area contributed by atoms with Gasteiger partial charge in [0.25, 0.3) is 0 Å². The van der Waals surface area contributed by atoms with Crippen molar-refractivity contribution < 1.29 is 0 Å². The van der Waals surface area contributed by atoms with E-state index < -0.39 is 0 Å². The topological polar surface area (TPSA) is 47.6 Å². The Morgan fingerprint density at radius 2 is 2.10 bits per heavy atom. The summed E-state index contributed by atoms with van der Waals surface area (Å²) in [6.07, 6.45) is 2.60. The van der Waals surface area contributed by atoms with Crippen LogP contribution in [0.25, 0.3) is 0 Å². The average molecular weight is 153 g/mol. The fourth-order valence-electron chi connectivity index (χ4n) is 0.342. The molecule has 10 heavy (non-hydrogen) atoms. The van der Waals surface area contributed by atoms with Crippen LogP contribution in [0.3, 0.4) is 0 Å². The Bertz CT molecular complexity index is 250. The van der Waals surface area contributed by atoms with Crippen LogP contribution < -0.4 is 0 Å². The largest absolute Gasteiger partial charge is 0.193 e. The van der Waals surface area contributed by atoms with Gasteiger partial charge in [0.2, 0.25) is 0 Å². The summed E-state index contributed by atoms with van der Waals surface area (Å²) in [6.45, 7) is 1.62.